The van der Waals surface area contributed by atoms with Gasteiger partial charge in [0.25, 0.3) is 0 Å². The van der Waals surface area contributed by atoms with E-state index in [2.05, 4.69) is 20.3 Å². The first-order valence-electron chi connectivity index (χ1n) is 13.2. The summed E-state index contributed by atoms with van der Waals surface area (Å²) in [7, 11) is 0. The van der Waals surface area contributed by atoms with E-state index in [0.717, 1.165) is 5.69 Å². The van der Waals surface area contributed by atoms with Gasteiger partial charge >= 0.3 is 11.8 Å². The molecule has 42 heavy (non-hydrogen) atoms. The number of pyridine rings is 1. The van der Waals surface area contributed by atoms with Gasteiger partial charge in [-0.25, -0.2) is 14.8 Å². The zero-order valence-electron chi connectivity index (χ0n) is 23.2. The zero-order chi connectivity index (χ0) is 29.9. The van der Waals surface area contributed by atoms with Crippen molar-refractivity contribution in [3.63, 3.8) is 0 Å². The summed E-state index contributed by atoms with van der Waals surface area (Å²) in [5, 5.41) is 16.0. The van der Waals surface area contributed by atoms with E-state index in [-0.39, 0.29) is 24.6 Å². The van der Waals surface area contributed by atoms with Gasteiger partial charge in [-0.2, -0.15) is 0 Å². The Morgan fingerprint density at radius 3 is 2.69 bits per heavy atom. The van der Waals surface area contributed by atoms with Crippen molar-refractivity contribution < 1.29 is 23.9 Å². The van der Waals surface area contributed by atoms with Gasteiger partial charge in [0.2, 0.25) is 0 Å². The van der Waals surface area contributed by atoms with Crippen molar-refractivity contribution in [2.75, 3.05) is 18.4 Å². The summed E-state index contributed by atoms with van der Waals surface area (Å²) in [4.78, 5) is 38.3. The summed E-state index contributed by atoms with van der Waals surface area (Å²) in [5.74, 6) is 0.894. The van der Waals surface area contributed by atoms with Gasteiger partial charge in [0.15, 0.2) is 5.75 Å². The van der Waals surface area contributed by atoms with Gasteiger partial charge in [-0.05, 0) is 51.1 Å². The van der Waals surface area contributed by atoms with Crippen LogP contribution in [0.1, 0.15) is 32.9 Å². The number of hydrogen-bond acceptors (Lipinski definition) is 10. The summed E-state index contributed by atoms with van der Waals surface area (Å²) < 4.78 is 17.2. The summed E-state index contributed by atoms with van der Waals surface area (Å²) >= 11 is 6.45. The second-order valence-corrected chi connectivity index (χ2v) is 11.1. The standard InChI is InChI=1S/C29H29ClN6O6/c1-29(2,3)42-28(37)35-11-9-20(15-35)41-26-14-23-21(13-24(26)36(38)39)27(33-17-32-23)34-18-7-8-25(22(30)12-18)40-16-19-6-4-5-10-31-19/h4-8,10,12-14,17,20H,9,11,15-16H2,1-3H3,(H,32,33,34). The molecule has 0 spiro atoms. The number of hydrogen-bond donors (Lipinski definition) is 1. The molecule has 1 saturated heterocycles. The molecule has 2 aromatic carbocycles. The number of likely N-dealkylation sites (tertiary alicyclic amines) is 1. The average Bonchev–Trinajstić information content (AvgIpc) is 3.41. The molecule has 2 aromatic heterocycles. The minimum Gasteiger partial charge on any atom is -0.486 e. The van der Waals surface area contributed by atoms with Gasteiger partial charge in [0, 0.05) is 37.0 Å². The number of fused-ring (bicyclic) bond motifs is 1. The smallest absolute Gasteiger partial charge is 0.410 e. The van der Waals surface area contributed by atoms with Gasteiger partial charge in [-0.1, -0.05) is 17.7 Å². The molecular weight excluding hydrogens is 564 g/mol. The summed E-state index contributed by atoms with van der Waals surface area (Å²) in [6.45, 7) is 6.32. The number of carbonyl (C=O) groups is 1. The van der Waals surface area contributed by atoms with E-state index in [0.29, 0.717) is 46.1 Å². The number of carbonyl (C=O) groups excluding carboxylic acids is 1. The van der Waals surface area contributed by atoms with Crippen LogP contribution in [0.4, 0.5) is 22.0 Å². The predicted molar refractivity (Wildman–Crippen MR) is 156 cm³/mol. The Morgan fingerprint density at radius 2 is 1.98 bits per heavy atom. The molecule has 12 nitrogen and oxygen atoms in total. The molecule has 0 radical (unpaired) electrons. The van der Waals surface area contributed by atoms with Gasteiger partial charge < -0.3 is 24.4 Å². The molecule has 13 heteroatoms. The first-order valence-corrected chi connectivity index (χ1v) is 13.6. The van der Waals surface area contributed by atoms with Crippen molar-refractivity contribution in [2.45, 2.75) is 45.5 Å². The highest BCUT2D eigenvalue weighted by Gasteiger charge is 2.32. The first-order chi connectivity index (χ1) is 20.1. The van der Waals surface area contributed by atoms with Crippen molar-refractivity contribution in [1.82, 2.24) is 19.9 Å². The molecule has 0 bridgehead atoms. The molecule has 1 aliphatic heterocycles. The fourth-order valence-electron chi connectivity index (χ4n) is 4.37. The van der Waals surface area contributed by atoms with Crippen LogP contribution in [0, 0.1) is 10.1 Å². The molecule has 3 heterocycles. The van der Waals surface area contributed by atoms with E-state index >= 15 is 0 Å². The van der Waals surface area contributed by atoms with Gasteiger partial charge in [-0.15, -0.1) is 0 Å². The van der Waals surface area contributed by atoms with Crippen LogP contribution < -0.4 is 14.8 Å². The molecule has 1 N–H and O–H groups in total. The molecule has 218 valence electrons. The van der Waals surface area contributed by atoms with Crippen LogP contribution in [0.3, 0.4) is 0 Å². The Kier molecular flexibility index (Phi) is 8.25. The quantitative estimate of drug-likeness (QED) is 0.183. The Hall–Kier alpha value is -4.71. The summed E-state index contributed by atoms with van der Waals surface area (Å²) in [6.07, 6.45) is 2.67. The van der Waals surface area contributed by atoms with E-state index in [1.807, 2.05) is 18.2 Å². The topological polar surface area (TPSA) is 142 Å². The largest absolute Gasteiger partial charge is 0.486 e. The maximum atomic E-state index is 12.4. The monoisotopic (exact) mass is 592 g/mol. The van der Waals surface area contributed by atoms with E-state index in [1.54, 1.807) is 45.2 Å². The SMILES string of the molecule is CC(C)(C)OC(=O)N1CCC(Oc2cc3ncnc(Nc4ccc(OCc5ccccn5)c(Cl)c4)c3cc2[N+](=O)[O-])C1. The Labute approximate surface area is 246 Å². The minimum atomic E-state index is -0.625. The Bertz CT molecular complexity index is 1610. The lowest BCUT2D eigenvalue weighted by Gasteiger charge is -2.24. The van der Waals surface area contributed by atoms with Crippen molar-refractivity contribution in [1.29, 1.82) is 0 Å². The van der Waals surface area contributed by atoms with Crippen LogP contribution in [-0.4, -0.2) is 55.7 Å². The number of benzene rings is 2. The van der Waals surface area contributed by atoms with Crippen molar-refractivity contribution >= 4 is 45.8 Å². The lowest BCUT2D eigenvalue weighted by Crippen LogP contribution is -2.36. The lowest BCUT2D eigenvalue weighted by molar-refractivity contribution is -0.385. The number of ether oxygens (including phenoxy) is 3. The molecule has 1 atom stereocenters. The number of aromatic nitrogens is 3. The molecule has 4 aromatic rings. The highest BCUT2D eigenvalue weighted by Crippen LogP contribution is 2.37. The van der Waals surface area contributed by atoms with Crippen molar-refractivity contribution in [3.8, 4) is 11.5 Å². The van der Waals surface area contributed by atoms with E-state index in [4.69, 9.17) is 25.8 Å². The molecule has 1 unspecified atom stereocenters. The third-order valence-corrected chi connectivity index (χ3v) is 6.59. The highest BCUT2D eigenvalue weighted by molar-refractivity contribution is 6.32. The maximum absolute atomic E-state index is 12.4. The number of anilines is 2. The van der Waals surface area contributed by atoms with Crippen molar-refractivity contribution in [2.24, 2.45) is 0 Å². The number of halogens is 1. The van der Waals surface area contributed by atoms with E-state index in [9.17, 15) is 14.9 Å². The third kappa shape index (κ3) is 6.95. The molecule has 0 aliphatic carbocycles. The number of nitro groups is 1. The van der Waals surface area contributed by atoms with Crippen LogP contribution in [0.2, 0.25) is 5.02 Å². The number of rotatable bonds is 8. The second-order valence-electron chi connectivity index (χ2n) is 10.7. The number of nitrogens with zero attached hydrogens (tertiary/aromatic N) is 5. The van der Waals surface area contributed by atoms with Crippen molar-refractivity contribution in [3.05, 3.63) is 81.9 Å². The average molecular weight is 593 g/mol. The van der Waals surface area contributed by atoms with E-state index in [1.165, 1.54) is 23.4 Å². The number of nitro benzene ring substituents is 1. The predicted octanol–water partition coefficient (Wildman–Crippen LogP) is 6.30. The molecule has 5 rings (SSSR count). The van der Waals surface area contributed by atoms with Gasteiger partial charge in [0.1, 0.15) is 36.2 Å². The number of amides is 1. The third-order valence-electron chi connectivity index (χ3n) is 6.30. The molecule has 1 amide bonds. The zero-order valence-corrected chi connectivity index (χ0v) is 24.0. The van der Waals surface area contributed by atoms with Crippen LogP contribution in [-0.2, 0) is 11.3 Å². The lowest BCUT2D eigenvalue weighted by atomic mass is 10.2. The van der Waals surface area contributed by atoms with Gasteiger partial charge in [0.05, 0.1) is 33.1 Å². The normalized spacial score (nSPS) is 15.0. The molecule has 1 aliphatic rings. The number of nitrogens with one attached hydrogen (secondary N) is 1. The van der Waals surface area contributed by atoms with Gasteiger partial charge in [-0.3, -0.25) is 15.1 Å². The minimum absolute atomic E-state index is 0.0608. The first kappa shape index (κ1) is 28.8. The Morgan fingerprint density at radius 1 is 1.14 bits per heavy atom. The van der Waals surface area contributed by atoms with Crippen LogP contribution in [0.25, 0.3) is 10.9 Å². The highest BCUT2D eigenvalue weighted by atomic mass is 35.5. The molecule has 0 saturated carbocycles. The fourth-order valence-corrected chi connectivity index (χ4v) is 4.61. The van der Waals surface area contributed by atoms with E-state index < -0.39 is 22.7 Å². The van der Waals surface area contributed by atoms with Crippen LogP contribution in [0.5, 0.6) is 11.5 Å². The molecular formula is C29H29ClN6O6. The summed E-state index contributed by atoms with van der Waals surface area (Å²) in [6, 6.07) is 13.6. The Balaban J connectivity index is 1.32. The van der Waals surface area contributed by atoms with Crippen LogP contribution >= 0.6 is 11.6 Å². The fraction of sp³-hybridized carbons (Fsp3) is 0.310. The second kappa shape index (κ2) is 12.0. The maximum Gasteiger partial charge on any atom is 0.410 e. The van der Waals surface area contributed by atoms with Crippen LogP contribution in [0.15, 0.2) is 61.1 Å². The summed E-state index contributed by atoms with van der Waals surface area (Å²) in [5.41, 5.74) is 0.937. The molecule has 1 fully saturated rings.